The third-order valence-electron chi connectivity index (χ3n) is 5.18. The minimum atomic E-state index is -0.715. The summed E-state index contributed by atoms with van der Waals surface area (Å²) in [7, 11) is 1.83. The van der Waals surface area contributed by atoms with E-state index >= 15 is 0 Å². The van der Waals surface area contributed by atoms with Crippen LogP contribution < -0.4 is 11.0 Å². The quantitative estimate of drug-likeness (QED) is 0.538. The molecule has 1 amide bonds. The largest absolute Gasteiger partial charge is 0.286 e. The number of hydrogen-bond donors (Lipinski definition) is 1. The van der Waals surface area contributed by atoms with Gasteiger partial charge in [-0.25, -0.2) is 10.4 Å². The number of rotatable bonds is 4. The maximum atomic E-state index is 13.0. The van der Waals surface area contributed by atoms with Crippen LogP contribution in [0.15, 0.2) is 22.4 Å². The van der Waals surface area contributed by atoms with Crippen LogP contribution in [0.4, 0.5) is 0 Å². The van der Waals surface area contributed by atoms with Gasteiger partial charge in [0.05, 0.1) is 23.1 Å². The summed E-state index contributed by atoms with van der Waals surface area (Å²) >= 11 is 1.59. The lowest BCUT2D eigenvalue weighted by atomic mass is 10.2. The number of aromatic nitrogens is 4. The maximum Gasteiger partial charge on any atom is 0.263 e. The molecule has 3 aromatic rings. The fraction of sp³-hybridized carbons (Fsp3) is 0.421. The number of amides is 1. The smallest absolute Gasteiger partial charge is 0.263 e. The summed E-state index contributed by atoms with van der Waals surface area (Å²) < 4.78 is 3.09. The summed E-state index contributed by atoms with van der Waals surface area (Å²) in [5.74, 6) is -0.365. The zero-order valence-corrected chi connectivity index (χ0v) is 17.1. The van der Waals surface area contributed by atoms with E-state index in [1.165, 1.54) is 15.8 Å². The van der Waals surface area contributed by atoms with Gasteiger partial charge in [-0.05, 0) is 45.6 Å². The average molecular weight is 398 g/mol. The lowest BCUT2D eigenvalue weighted by Gasteiger charge is -2.13. The van der Waals surface area contributed by atoms with Crippen molar-refractivity contribution in [3.05, 3.63) is 44.6 Å². The Morgan fingerprint density at radius 1 is 1.39 bits per heavy atom. The molecule has 8 nitrogen and oxygen atoms in total. The molecule has 1 aliphatic carbocycles. The Morgan fingerprint density at radius 3 is 2.89 bits per heavy atom. The van der Waals surface area contributed by atoms with Gasteiger partial charge in [-0.3, -0.25) is 18.8 Å². The molecular weight excluding hydrogens is 376 g/mol. The highest BCUT2D eigenvalue weighted by Gasteiger charge is 2.24. The molecule has 28 heavy (non-hydrogen) atoms. The molecule has 1 atom stereocenters. The third-order valence-corrected chi connectivity index (χ3v) is 6.38. The van der Waals surface area contributed by atoms with Crippen molar-refractivity contribution < 1.29 is 4.79 Å². The van der Waals surface area contributed by atoms with E-state index in [0.717, 1.165) is 40.9 Å². The van der Waals surface area contributed by atoms with Crippen LogP contribution in [-0.4, -0.2) is 31.0 Å². The second-order valence-corrected chi connectivity index (χ2v) is 8.23. The van der Waals surface area contributed by atoms with Gasteiger partial charge in [-0.1, -0.05) is 0 Å². The average Bonchev–Trinajstić information content (AvgIpc) is 3.33. The van der Waals surface area contributed by atoms with Gasteiger partial charge in [0.25, 0.3) is 11.5 Å². The van der Waals surface area contributed by atoms with Crippen molar-refractivity contribution in [2.45, 2.75) is 46.1 Å². The van der Waals surface area contributed by atoms with Crippen LogP contribution in [-0.2, 0) is 24.7 Å². The highest BCUT2D eigenvalue weighted by atomic mass is 32.1. The Kier molecular flexibility index (Phi) is 4.62. The topological polar surface area (TPSA) is 94.2 Å². The molecule has 0 saturated carbocycles. The number of thiophene rings is 1. The number of fused-ring (bicyclic) bond motifs is 3. The fourth-order valence-electron chi connectivity index (χ4n) is 3.65. The summed E-state index contributed by atoms with van der Waals surface area (Å²) in [6.07, 6.45) is 6.30. The lowest BCUT2D eigenvalue weighted by molar-refractivity contribution is -0.123. The van der Waals surface area contributed by atoms with E-state index in [1.54, 1.807) is 22.9 Å². The van der Waals surface area contributed by atoms with Gasteiger partial charge in [0.1, 0.15) is 10.9 Å². The number of carbonyl (C=O) groups is 1. The second-order valence-electron chi connectivity index (χ2n) is 7.15. The van der Waals surface area contributed by atoms with E-state index in [0.29, 0.717) is 11.1 Å². The van der Waals surface area contributed by atoms with Gasteiger partial charge in [0.15, 0.2) is 0 Å². The Labute approximate surface area is 165 Å². The monoisotopic (exact) mass is 398 g/mol. The van der Waals surface area contributed by atoms with Crippen molar-refractivity contribution in [2.24, 2.45) is 12.1 Å². The molecule has 0 aromatic carbocycles. The minimum Gasteiger partial charge on any atom is -0.286 e. The van der Waals surface area contributed by atoms with Gasteiger partial charge in [0, 0.05) is 23.7 Å². The van der Waals surface area contributed by atoms with Gasteiger partial charge in [-0.15, -0.1) is 11.3 Å². The molecule has 146 valence electrons. The number of nitrogens with one attached hydrogen (secondary N) is 1. The highest BCUT2D eigenvalue weighted by molar-refractivity contribution is 7.18. The van der Waals surface area contributed by atoms with E-state index in [9.17, 15) is 9.59 Å². The summed E-state index contributed by atoms with van der Waals surface area (Å²) in [4.78, 5) is 32.0. The SMILES string of the molecule is C/C(=N/NC(=O)[C@H](C)n1cnc2sc3c(c2c1=O)CCC3)c1cn(C)nc1C. The van der Waals surface area contributed by atoms with E-state index in [4.69, 9.17) is 0 Å². The first kappa shape index (κ1) is 18.5. The summed E-state index contributed by atoms with van der Waals surface area (Å²) in [6, 6.07) is -0.715. The Bertz CT molecular complexity index is 1170. The number of aryl methyl sites for hydroxylation is 4. The molecule has 9 heteroatoms. The number of carbonyl (C=O) groups excluding carboxylic acids is 1. The van der Waals surface area contributed by atoms with Crippen LogP contribution >= 0.6 is 11.3 Å². The van der Waals surface area contributed by atoms with E-state index in [2.05, 4.69) is 20.6 Å². The first-order chi connectivity index (χ1) is 13.4. The predicted octanol–water partition coefficient (Wildman–Crippen LogP) is 2.09. The molecule has 1 aliphatic rings. The van der Waals surface area contributed by atoms with E-state index in [-0.39, 0.29) is 11.5 Å². The normalized spacial score (nSPS) is 15.1. The minimum absolute atomic E-state index is 0.157. The van der Waals surface area contributed by atoms with Crippen LogP contribution in [0.5, 0.6) is 0 Å². The van der Waals surface area contributed by atoms with Gasteiger partial charge < -0.3 is 0 Å². The predicted molar refractivity (Wildman–Crippen MR) is 109 cm³/mol. The molecule has 0 bridgehead atoms. The van der Waals surface area contributed by atoms with Crippen LogP contribution in [0.1, 0.15) is 48.0 Å². The first-order valence-corrected chi connectivity index (χ1v) is 10.0. The fourth-order valence-corrected chi connectivity index (χ4v) is 4.87. The highest BCUT2D eigenvalue weighted by Crippen LogP contribution is 2.34. The number of hydrogen-bond acceptors (Lipinski definition) is 6. The van der Waals surface area contributed by atoms with Crippen molar-refractivity contribution in [3.63, 3.8) is 0 Å². The Balaban J connectivity index is 1.59. The van der Waals surface area contributed by atoms with Crippen LogP contribution in [0, 0.1) is 6.92 Å². The summed E-state index contributed by atoms with van der Waals surface area (Å²) in [5, 5.41) is 9.13. The summed E-state index contributed by atoms with van der Waals surface area (Å²) in [5.41, 5.74) is 5.88. The van der Waals surface area contributed by atoms with E-state index in [1.807, 2.05) is 27.1 Å². The van der Waals surface area contributed by atoms with Crippen LogP contribution in [0.3, 0.4) is 0 Å². The van der Waals surface area contributed by atoms with Crippen molar-refractivity contribution in [1.29, 1.82) is 0 Å². The van der Waals surface area contributed by atoms with Crippen molar-refractivity contribution >= 4 is 33.2 Å². The molecular formula is C19H22N6O2S. The first-order valence-electron chi connectivity index (χ1n) is 9.23. The van der Waals surface area contributed by atoms with Gasteiger partial charge >= 0.3 is 0 Å². The Morgan fingerprint density at radius 2 is 2.18 bits per heavy atom. The molecule has 0 saturated heterocycles. The number of hydrazone groups is 1. The lowest BCUT2D eigenvalue weighted by Crippen LogP contribution is -2.34. The van der Waals surface area contributed by atoms with Crippen LogP contribution in [0.25, 0.3) is 10.2 Å². The van der Waals surface area contributed by atoms with Gasteiger partial charge in [0.2, 0.25) is 0 Å². The molecule has 0 radical (unpaired) electrons. The van der Waals surface area contributed by atoms with Crippen molar-refractivity contribution in [3.8, 4) is 0 Å². The zero-order chi connectivity index (χ0) is 20.0. The maximum absolute atomic E-state index is 13.0. The van der Waals surface area contributed by atoms with Crippen LogP contribution in [0.2, 0.25) is 0 Å². The Hall–Kier alpha value is -2.81. The standard InChI is InChI=1S/C19H22N6O2S/c1-10(14-8-24(4)23-11(14)2)21-22-17(26)12(3)25-9-20-18-16(19(25)27)13-6-5-7-15(13)28-18/h8-9,12H,5-7H2,1-4H3,(H,22,26)/b21-10-/t12-/m0/s1. The molecule has 0 fully saturated rings. The number of nitrogens with zero attached hydrogens (tertiary/aromatic N) is 5. The molecule has 0 unspecified atom stereocenters. The third kappa shape index (κ3) is 3.05. The van der Waals surface area contributed by atoms with Crippen molar-refractivity contribution in [1.82, 2.24) is 24.8 Å². The molecule has 0 aliphatic heterocycles. The second kappa shape index (κ2) is 6.97. The zero-order valence-electron chi connectivity index (χ0n) is 16.3. The van der Waals surface area contributed by atoms with Gasteiger partial charge in [-0.2, -0.15) is 10.2 Å². The van der Waals surface area contributed by atoms with E-state index < -0.39 is 6.04 Å². The molecule has 0 spiro atoms. The molecule has 4 rings (SSSR count). The molecule has 3 aromatic heterocycles. The van der Waals surface area contributed by atoms with Crippen molar-refractivity contribution in [2.75, 3.05) is 0 Å². The molecule has 1 N–H and O–H groups in total. The summed E-state index contributed by atoms with van der Waals surface area (Å²) in [6.45, 7) is 5.37. The molecule has 3 heterocycles.